The van der Waals surface area contributed by atoms with E-state index in [1.165, 1.54) is 12.1 Å². The second kappa shape index (κ2) is 8.87. The zero-order valence-corrected chi connectivity index (χ0v) is 15.8. The summed E-state index contributed by atoms with van der Waals surface area (Å²) in [7, 11) is -3.53. The lowest BCUT2D eigenvalue weighted by Gasteiger charge is -2.23. The molecule has 8 heteroatoms. The molecule has 136 valence electrons. The van der Waals surface area contributed by atoms with E-state index in [0.717, 1.165) is 19.4 Å². The first kappa shape index (κ1) is 20.0. The van der Waals surface area contributed by atoms with Crippen molar-refractivity contribution in [3.05, 3.63) is 53.6 Å². The third-order valence-corrected chi connectivity index (χ3v) is 5.67. The number of benzene rings is 2. The number of hydrogen-bond donors (Lipinski definition) is 2. The van der Waals surface area contributed by atoms with Gasteiger partial charge in [0.15, 0.2) is 0 Å². The van der Waals surface area contributed by atoms with Crippen molar-refractivity contribution in [2.45, 2.75) is 23.8 Å². The summed E-state index contributed by atoms with van der Waals surface area (Å²) in [6, 6.07) is 13.4. The van der Waals surface area contributed by atoms with Crippen LogP contribution in [0.2, 0.25) is 5.02 Å². The third kappa shape index (κ3) is 5.33. The number of piperidine rings is 1. The van der Waals surface area contributed by atoms with Gasteiger partial charge in [0.2, 0.25) is 10.0 Å². The molecule has 1 atom stereocenters. The lowest BCUT2D eigenvalue weighted by Crippen LogP contribution is -2.45. The minimum Gasteiger partial charge on any atom is -0.456 e. The lowest BCUT2D eigenvalue weighted by atomic mass is 10.1. The third-order valence-electron chi connectivity index (χ3n) is 3.82. The Balaban J connectivity index is 0.00000225. The van der Waals surface area contributed by atoms with E-state index in [4.69, 9.17) is 16.3 Å². The lowest BCUT2D eigenvalue weighted by molar-refractivity contribution is 0.428. The van der Waals surface area contributed by atoms with Crippen LogP contribution in [0.1, 0.15) is 12.8 Å². The van der Waals surface area contributed by atoms with Crippen molar-refractivity contribution in [2.75, 3.05) is 13.1 Å². The molecule has 2 aromatic rings. The highest BCUT2D eigenvalue weighted by Gasteiger charge is 2.21. The molecule has 0 aliphatic carbocycles. The second-order valence-corrected chi connectivity index (χ2v) is 7.79. The Labute approximate surface area is 159 Å². The predicted molar refractivity (Wildman–Crippen MR) is 101 cm³/mol. The van der Waals surface area contributed by atoms with E-state index in [0.29, 0.717) is 23.1 Å². The van der Waals surface area contributed by atoms with Crippen molar-refractivity contribution in [3.8, 4) is 11.5 Å². The molecule has 0 spiro atoms. The van der Waals surface area contributed by atoms with Crippen LogP contribution in [0.5, 0.6) is 11.5 Å². The monoisotopic (exact) mass is 402 g/mol. The molecule has 1 fully saturated rings. The Morgan fingerprint density at radius 2 is 1.84 bits per heavy atom. The van der Waals surface area contributed by atoms with Gasteiger partial charge in [0.1, 0.15) is 11.5 Å². The fraction of sp³-hybridized carbons (Fsp3) is 0.294. The zero-order chi connectivity index (χ0) is 17.0. The molecule has 1 aliphatic rings. The van der Waals surface area contributed by atoms with Crippen molar-refractivity contribution in [2.24, 2.45) is 0 Å². The maximum atomic E-state index is 12.4. The van der Waals surface area contributed by atoms with Crippen LogP contribution in [-0.2, 0) is 10.0 Å². The molecule has 1 aliphatic heterocycles. The molecular formula is C17H20Cl2N2O3S. The van der Waals surface area contributed by atoms with Crippen LogP contribution in [0.15, 0.2) is 53.4 Å². The van der Waals surface area contributed by atoms with Gasteiger partial charge in [-0.15, -0.1) is 12.4 Å². The van der Waals surface area contributed by atoms with Gasteiger partial charge in [-0.05, 0) is 55.8 Å². The van der Waals surface area contributed by atoms with Gasteiger partial charge in [-0.1, -0.05) is 23.7 Å². The van der Waals surface area contributed by atoms with Gasteiger partial charge in [0.25, 0.3) is 0 Å². The van der Waals surface area contributed by atoms with Crippen LogP contribution in [0.3, 0.4) is 0 Å². The fourth-order valence-electron chi connectivity index (χ4n) is 2.58. The first-order valence-corrected chi connectivity index (χ1v) is 9.66. The Kier molecular flexibility index (Phi) is 7.10. The minimum absolute atomic E-state index is 0. The van der Waals surface area contributed by atoms with E-state index >= 15 is 0 Å². The maximum Gasteiger partial charge on any atom is 0.240 e. The molecule has 5 nitrogen and oxygen atoms in total. The Bertz CT molecular complexity index is 792. The summed E-state index contributed by atoms with van der Waals surface area (Å²) in [6.07, 6.45) is 1.82. The molecule has 0 saturated carbocycles. The van der Waals surface area contributed by atoms with E-state index in [1.54, 1.807) is 24.3 Å². The van der Waals surface area contributed by atoms with Gasteiger partial charge in [-0.2, -0.15) is 0 Å². The number of hydrogen-bond acceptors (Lipinski definition) is 4. The van der Waals surface area contributed by atoms with Crippen LogP contribution < -0.4 is 14.8 Å². The molecule has 3 rings (SSSR count). The minimum atomic E-state index is -3.53. The van der Waals surface area contributed by atoms with Crippen molar-refractivity contribution in [3.63, 3.8) is 0 Å². The van der Waals surface area contributed by atoms with Crippen molar-refractivity contribution in [1.29, 1.82) is 0 Å². The molecule has 0 radical (unpaired) electrons. The topological polar surface area (TPSA) is 67.4 Å². The molecule has 2 aromatic carbocycles. The Hall–Kier alpha value is -1.31. The van der Waals surface area contributed by atoms with E-state index < -0.39 is 10.0 Å². The molecule has 0 aromatic heterocycles. The number of para-hydroxylation sites is 1. The molecule has 2 N–H and O–H groups in total. The molecule has 25 heavy (non-hydrogen) atoms. The first-order valence-electron chi connectivity index (χ1n) is 7.80. The predicted octanol–water partition coefficient (Wildman–Crippen LogP) is 3.58. The summed E-state index contributed by atoms with van der Waals surface area (Å²) in [5.41, 5.74) is 0. The van der Waals surface area contributed by atoms with Gasteiger partial charge >= 0.3 is 0 Å². The highest BCUT2D eigenvalue weighted by Crippen LogP contribution is 2.29. The molecule has 1 unspecified atom stereocenters. The highest BCUT2D eigenvalue weighted by molar-refractivity contribution is 7.89. The molecule has 1 heterocycles. The zero-order valence-electron chi connectivity index (χ0n) is 13.4. The summed E-state index contributed by atoms with van der Waals surface area (Å²) in [4.78, 5) is 0.222. The number of sulfonamides is 1. The Morgan fingerprint density at radius 3 is 2.48 bits per heavy atom. The van der Waals surface area contributed by atoms with Gasteiger partial charge < -0.3 is 10.1 Å². The largest absolute Gasteiger partial charge is 0.456 e. The van der Waals surface area contributed by atoms with Crippen molar-refractivity contribution >= 4 is 34.0 Å². The molecule has 1 saturated heterocycles. The smallest absolute Gasteiger partial charge is 0.240 e. The van der Waals surface area contributed by atoms with E-state index in [-0.39, 0.29) is 23.3 Å². The van der Waals surface area contributed by atoms with Gasteiger partial charge in [0, 0.05) is 12.6 Å². The number of nitrogens with one attached hydrogen (secondary N) is 2. The molecule has 0 amide bonds. The highest BCUT2D eigenvalue weighted by atomic mass is 35.5. The summed E-state index contributed by atoms with van der Waals surface area (Å²) >= 11 is 6.05. The second-order valence-electron chi connectivity index (χ2n) is 5.67. The van der Waals surface area contributed by atoms with Crippen LogP contribution in [-0.4, -0.2) is 27.5 Å². The number of ether oxygens (including phenoxy) is 1. The van der Waals surface area contributed by atoms with E-state index in [9.17, 15) is 8.42 Å². The number of halogens is 2. The molecule has 0 bridgehead atoms. The fourth-order valence-corrected chi connectivity index (χ4v) is 4.03. The molecular weight excluding hydrogens is 383 g/mol. The average molecular weight is 403 g/mol. The van der Waals surface area contributed by atoms with E-state index in [1.807, 2.05) is 12.1 Å². The summed E-state index contributed by atoms with van der Waals surface area (Å²) in [5.74, 6) is 1.06. The standard InChI is InChI=1S/C17H19ClN2O3S.ClH/c18-16-5-1-2-6-17(16)23-14-7-9-15(10-8-14)24(21,22)20-13-4-3-11-19-12-13;/h1-2,5-10,13,19-20H,3-4,11-12H2;1H. The van der Waals surface area contributed by atoms with Crippen LogP contribution >= 0.6 is 24.0 Å². The summed E-state index contributed by atoms with van der Waals surface area (Å²) < 4.78 is 33.3. The van der Waals surface area contributed by atoms with Crippen molar-refractivity contribution in [1.82, 2.24) is 10.0 Å². The van der Waals surface area contributed by atoms with Gasteiger partial charge in [-0.3, -0.25) is 0 Å². The average Bonchev–Trinajstić information content (AvgIpc) is 2.58. The normalized spacial score (nSPS) is 17.6. The van der Waals surface area contributed by atoms with E-state index in [2.05, 4.69) is 10.0 Å². The van der Waals surface area contributed by atoms with Crippen molar-refractivity contribution < 1.29 is 13.2 Å². The maximum absolute atomic E-state index is 12.4. The SMILES string of the molecule is Cl.O=S(=O)(NC1CCCNC1)c1ccc(Oc2ccccc2Cl)cc1. The summed E-state index contributed by atoms with van der Waals surface area (Å²) in [5, 5.41) is 3.69. The van der Waals surface area contributed by atoms with Gasteiger partial charge in [-0.25, -0.2) is 13.1 Å². The van der Waals surface area contributed by atoms with Crippen LogP contribution in [0.25, 0.3) is 0 Å². The number of rotatable bonds is 5. The Morgan fingerprint density at radius 1 is 1.12 bits per heavy atom. The van der Waals surface area contributed by atoms with Crippen LogP contribution in [0, 0.1) is 0 Å². The van der Waals surface area contributed by atoms with Gasteiger partial charge in [0.05, 0.1) is 9.92 Å². The summed E-state index contributed by atoms with van der Waals surface area (Å²) in [6.45, 7) is 1.60. The first-order chi connectivity index (χ1) is 11.5. The quantitative estimate of drug-likeness (QED) is 0.801. The van der Waals surface area contributed by atoms with Crippen LogP contribution in [0.4, 0.5) is 0 Å².